The molecule has 104 valence electrons. The van der Waals surface area contributed by atoms with Crippen molar-refractivity contribution in [3.63, 3.8) is 0 Å². The Morgan fingerprint density at radius 1 is 1.42 bits per heavy atom. The highest BCUT2D eigenvalue weighted by molar-refractivity contribution is 5.97. The van der Waals surface area contributed by atoms with Crippen molar-refractivity contribution >= 4 is 11.6 Å². The van der Waals surface area contributed by atoms with Gasteiger partial charge in [0, 0.05) is 24.3 Å². The number of carbonyl (C=O) groups excluding carboxylic acids is 1. The van der Waals surface area contributed by atoms with Gasteiger partial charge in [0.2, 0.25) is 0 Å². The zero-order chi connectivity index (χ0) is 14.0. The van der Waals surface area contributed by atoms with Gasteiger partial charge in [-0.1, -0.05) is 6.92 Å². The molecule has 4 heteroatoms. The molecule has 4 nitrogen and oxygen atoms in total. The number of hydrogen-bond acceptors (Lipinski definition) is 3. The van der Waals surface area contributed by atoms with E-state index in [1.54, 1.807) is 25.3 Å². The van der Waals surface area contributed by atoms with Crippen molar-refractivity contribution in [3.05, 3.63) is 23.8 Å². The number of amides is 1. The van der Waals surface area contributed by atoms with Gasteiger partial charge in [-0.2, -0.15) is 0 Å². The minimum absolute atomic E-state index is 0.0379. The molecule has 19 heavy (non-hydrogen) atoms. The third kappa shape index (κ3) is 2.67. The van der Waals surface area contributed by atoms with E-state index in [4.69, 9.17) is 10.5 Å². The molecule has 2 rings (SSSR count). The molecule has 0 aromatic heterocycles. The molecule has 1 heterocycles. The highest BCUT2D eigenvalue weighted by Gasteiger charge is 2.30. The molecule has 2 unspecified atom stereocenters. The number of hydrogen-bond donors (Lipinski definition) is 1. The molecular weight excluding hydrogens is 240 g/mol. The molecule has 1 aliphatic heterocycles. The Morgan fingerprint density at radius 3 is 2.84 bits per heavy atom. The Morgan fingerprint density at radius 2 is 2.16 bits per heavy atom. The van der Waals surface area contributed by atoms with Crippen molar-refractivity contribution < 1.29 is 9.53 Å². The average molecular weight is 262 g/mol. The lowest BCUT2D eigenvalue weighted by Crippen LogP contribution is -2.46. The lowest BCUT2D eigenvalue weighted by atomic mass is 9.91. The van der Waals surface area contributed by atoms with Gasteiger partial charge in [0.25, 0.3) is 5.91 Å². The normalized spacial score (nSPS) is 23.2. The topological polar surface area (TPSA) is 55.6 Å². The maximum absolute atomic E-state index is 12.7. The number of carbonyl (C=O) groups is 1. The van der Waals surface area contributed by atoms with E-state index in [2.05, 4.69) is 13.8 Å². The summed E-state index contributed by atoms with van der Waals surface area (Å²) in [7, 11) is 1.56. The Balaban J connectivity index is 2.28. The van der Waals surface area contributed by atoms with E-state index >= 15 is 0 Å². The maximum atomic E-state index is 12.7. The van der Waals surface area contributed by atoms with Gasteiger partial charge in [-0.25, -0.2) is 0 Å². The molecule has 0 aliphatic carbocycles. The second-order valence-corrected chi connectivity index (χ2v) is 5.32. The number of nitrogens with zero attached hydrogens (tertiary/aromatic N) is 1. The molecule has 1 aromatic rings. The van der Waals surface area contributed by atoms with Crippen LogP contribution in [0.3, 0.4) is 0 Å². The number of nitrogens with two attached hydrogens (primary N) is 1. The Bertz CT molecular complexity index is 473. The lowest BCUT2D eigenvalue weighted by molar-refractivity contribution is 0.0548. The van der Waals surface area contributed by atoms with Crippen molar-refractivity contribution in [2.24, 2.45) is 5.92 Å². The van der Waals surface area contributed by atoms with Gasteiger partial charge in [-0.3, -0.25) is 4.79 Å². The molecule has 0 saturated carbocycles. The Labute approximate surface area is 114 Å². The summed E-state index contributed by atoms with van der Waals surface area (Å²) in [4.78, 5) is 14.6. The fourth-order valence-corrected chi connectivity index (χ4v) is 2.66. The minimum atomic E-state index is 0.0379. The molecule has 1 fully saturated rings. The molecule has 1 aliphatic rings. The number of nitrogen functional groups attached to an aromatic ring is 1. The van der Waals surface area contributed by atoms with Crippen molar-refractivity contribution in [2.75, 3.05) is 19.4 Å². The van der Waals surface area contributed by atoms with E-state index in [1.807, 2.05) is 4.90 Å². The first kappa shape index (κ1) is 13.7. The minimum Gasteiger partial charge on any atom is -0.496 e. The van der Waals surface area contributed by atoms with Crippen LogP contribution in [0, 0.1) is 5.92 Å². The molecule has 1 saturated heterocycles. The van der Waals surface area contributed by atoms with Crippen LogP contribution in [-0.2, 0) is 0 Å². The predicted octanol–water partition coefficient (Wildman–Crippen LogP) is 2.54. The fraction of sp³-hybridized carbons (Fsp3) is 0.533. The number of piperidine rings is 1. The first-order valence-corrected chi connectivity index (χ1v) is 6.79. The largest absolute Gasteiger partial charge is 0.496 e. The summed E-state index contributed by atoms with van der Waals surface area (Å²) < 4.78 is 5.27. The third-order valence-electron chi connectivity index (χ3n) is 4.09. The van der Waals surface area contributed by atoms with Gasteiger partial charge in [-0.15, -0.1) is 0 Å². The number of benzene rings is 1. The number of methoxy groups -OCH3 is 1. The molecule has 0 bridgehead atoms. The van der Waals surface area contributed by atoms with Crippen LogP contribution in [0.5, 0.6) is 5.75 Å². The maximum Gasteiger partial charge on any atom is 0.257 e. The molecule has 1 aromatic carbocycles. The van der Waals surface area contributed by atoms with Gasteiger partial charge in [-0.05, 0) is 37.8 Å². The van der Waals surface area contributed by atoms with E-state index < -0.39 is 0 Å². The van der Waals surface area contributed by atoms with Gasteiger partial charge in [0.1, 0.15) is 5.75 Å². The third-order valence-corrected chi connectivity index (χ3v) is 4.09. The average Bonchev–Trinajstić information content (AvgIpc) is 2.41. The second-order valence-electron chi connectivity index (χ2n) is 5.32. The van der Waals surface area contributed by atoms with Crippen molar-refractivity contribution in [3.8, 4) is 5.75 Å². The highest BCUT2D eigenvalue weighted by atomic mass is 16.5. The number of anilines is 1. The summed E-state index contributed by atoms with van der Waals surface area (Å²) in [5.41, 5.74) is 6.93. The molecule has 2 N–H and O–H groups in total. The SMILES string of the molecule is COc1cc(N)ccc1C(=O)N1CCCC(C)C1C. The Kier molecular flexibility index (Phi) is 3.98. The van der Waals surface area contributed by atoms with E-state index in [0.29, 0.717) is 22.9 Å². The summed E-state index contributed by atoms with van der Waals surface area (Å²) in [5, 5.41) is 0. The van der Waals surface area contributed by atoms with Crippen molar-refractivity contribution in [1.82, 2.24) is 4.90 Å². The van der Waals surface area contributed by atoms with Crippen LogP contribution in [-0.4, -0.2) is 30.5 Å². The number of likely N-dealkylation sites (tertiary alicyclic amines) is 1. The quantitative estimate of drug-likeness (QED) is 0.833. The van der Waals surface area contributed by atoms with Gasteiger partial charge in [0.15, 0.2) is 0 Å². The molecule has 0 spiro atoms. The predicted molar refractivity (Wildman–Crippen MR) is 76.3 cm³/mol. The van der Waals surface area contributed by atoms with Crippen LogP contribution in [0.1, 0.15) is 37.0 Å². The second kappa shape index (κ2) is 5.51. The summed E-state index contributed by atoms with van der Waals surface area (Å²) in [6.07, 6.45) is 2.25. The zero-order valence-corrected chi connectivity index (χ0v) is 11.8. The van der Waals surface area contributed by atoms with Crippen LogP contribution in [0.4, 0.5) is 5.69 Å². The van der Waals surface area contributed by atoms with E-state index in [9.17, 15) is 4.79 Å². The molecule has 0 radical (unpaired) electrons. The Hall–Kier alpha value is -1.71. The lowest BCUT2D eigenvalue weighted by Gasteiger charge is -2.38. The van der Waals surface area contributed by atoms with E-state index in [-0.39, 0.29) is 11.9 Å². The van der Waals surface area contributed by atoms with Gasteiger partial charge < -0.3 is 15.4 Å². The first-order chi connectivity index (χ1) is 9.04. The van der Waals surface area contributed by atoms with Crippen molar-refractivity contribution in [1.29, 1.82) is 0 Å². The van der Waals surface area contributed by atoms with Crippen LogP contribution in [0.2, 0.25) is 0 Å². The van der Waals surface area contributed by atoms with Crippen LogP contribution >= 0.6 is 0 Å². The summed E-state index contributed by atoms with van der Waals surface area (Å²) in [5.74, 6) is 1.13. The summed E-state index contributed by atoms with van der Waals surface area (Å²) in [6.45, 7) is 5.13. The standard InChI is InChI=1S/C15H22N2O2/c1-10-5-4-8-17(11(10)2)15(18)13-7-6-12(16)9-14(13)19-3/h6-7,9-11H,4-5,8,16H2,1-3H3. The first-order valence-electron chi connectivity index (χ1n) is 6.79. The molecule has 1 amide bonds. The zero-order valence-electron chi connectivity index (χ0n) is 11.8. The van der Waals surface area contributed by atoms with Crippen LogP contribution < -0.4 is 10.5 Å². The van der Waals surface area contributed by atoms with Crippen LogP contribution in [0.15, 0.2) is 18.2 Å². The smallest absolute Gasteiger partial charge is 0.257 e. The summed E-state index contributed by atoms with van der Waals surface area (Å²) in [6, 6.07) is 5.46. The number of ether oxygens (including phenoxy) is 1. The highest BCUT2D eigenvalue weighted by Crippen LogP contribution is 2.28. The van der Waals surface area contributed by atoms with Crippen LogP contribution in [0.25, 0.3) is 0 Å². The van der Waals surface area contributed by atoms with Gasteiger partial charge in [0.05, 0.1) is 12.7 Å². The van der Waals surface area contributed by atoms with E-state index in [0.717, 1.165) is 13.0 Å². The fourth-order valence-electron chi connectivity index (χ4n) is 2.66. The summed E-state index contributed by atoms with van der Waals surface area (Å²) >= 11 is 0. The van der Waals surface area contributed by atoms with E-state index in [1.165, 1.54) is 6.42 Å². The number of rotatable bonds is 2. The molecular formula is C15H22N2O2. The monoisotopic (exact) mass is 262 g/mol. The van der Waals surface area contributed by atoms with Gasteiger partial charge >= 0.3 is 0 Å². The molecule has 2 atom stereocenters. The van der Waals surface area contributed by atoms with Crippen molar-refractivity contribution in [2.45, 2.75) is 32.7 Å².